The van der Waals surface area contributed by atoms with E-state index in [0.29, 0.717) is 27.3 Å². The summed E-state index contributed by atoms with van der Waals surface area (Å²) in [6.07, 6.45) is 2.27. The first-order valence-electron chi connectivity index (χ1n) is 6.41. The number of anilines is 1. The van der Waals surface area contributed by atoms with Crippen LogP contribution in [-0.4, -0.2) is 38.0 Å². The van der Waals surface area contributed by atoms with Gasteiger partial charge in [-0.05, 0) is 49.7 Å². The van der Waals surface area contributed by atoms with Crippen LogP contribution in [0, 0.1) is 6.92 Å². The molecule has 2 N–H and O–H groups in total. The number of rotatable bonds is 4. The van der Waals surface area contributed by atoms with Crippen molar-refractivity contribution in [1.82, 2.24) is 9.62 Å². The Bertz CT molecular complexity index is 623. The van der Waals surface area contributed by atoms with E-state index in [-0.39, 0.29) is 0 Å². The van der Waals surface area contributed by atoms with Gasteiger partial charge in [0.05, 0.1) is 4.90 Å². The van der Waals surface area contributed by atoms with E-state index in [9.17, 15) is 8.42 Å². The Kier molecular flexibility index (Phi) is 4.31. The van der Waals surface area contributed by atoms with Gasteiger partial charge in [0.25, 0.3) is 0 Å². The highest BCUT2D eigenvalue weighted by molar-refractivity contribution is 7.89. The number of thiocarbonyl (C=S) groups is 1. The maximum absolute atomic E-state index is 12.2. The lowest BCUT2D eigenvalue weighted by molar-refractivity contribution is 0.520. The van der Waals surface area contributed by atoms with Crippen molar-refractivity contribution in [3.05, 3.63) is 23.8 Å². The highest BCUT2D eigenvalue weighted by Crippen LogP contribution is 2.23. The first-order chi connectivity index (χ1) is 9.30. The molecule has 0 atom stereocenters. The van der Waals surface area contributed by atoms with Crippen molar-refractivity contribution in [2.75, 3.05) is 19.4 Å². The van der Waals surface area contributed by atoms with Gasteiger partial charge in [-0.25, -0.2) is 12.7 Å². The van der Waals surface area contributed by atoms with E-state index in [1.807, 2.05) is 6.07 Å². The van der Waals surface area contributed by atoms with Crippen molar-refractivity contribution in [2.24, 2.45) is 0 Å². The number of hydrogen-bond acceptors (Lipinski definition) is 3. The van der Waals surface area contributed by atoms with Crippen molar-refractivity contribution in [1.29, 1.82) is 0 Å². The van der Waals surface area contributed by atoms with Crippen LogP contribution in [0.1, 0.15) is 18.4 Å². The van der Waals surface area contributed by atoms with Crippen molar-refractivity contribution in [3.8, 4) is 0 Å². The molecule has 1 fully saturated rings. The van der Waals surface area contributed by atoms with Gasteiger partial charge in [-0.1, -0.05) is 6.07 Å². The normalized spacial score (nSPS) is 15.2. The fourth-order valence-corrected chi connectivity index (χ4v) is 3.16. The zero-order valence-corrected chi connectivity index (χ0v) is 13.4. The summed E-state index contributed by atoms with van der Waals surface area (Å²) in [6.45, 7) is 1.78. The summed E-state index contributed by atoms with van der Waals surface area (Å²) in [5.41, 5.74) is 1.39. The zero-order chi connectivity index (χ0) is 14.9. The summed E-state index contributed by atoms with van der Waals surface area (Å²) in [4.78, 5) is 0.293. The smallest absolute Gasteiger partial charge is 0.242 e. The van der Waals surface area contributed by atoms with Gasteiger partial charge in [0.2, 0.25) is 10.0 Å². The molecule has 110 valence electrons. The molecule has 2 rings (SSSR count). The molecular weight excluding hydrogens is 294 g/mol. The summed E-state index contributed by atoms with van der Waals surface area (Å²) in [5.74, 6) is 0. The Labute approximate surface area is 125 Å². The number of benzene rings is 1. The predicted molar refractivity (Wildman–Crippen MR) is 84.4 cm³/mol. The molecular formula is C13H19N3O2S2. The minimum atomic E-state index is -3.45. The molecule has 20 heavy (non-hydrogen) atoms. The first kappa shape index (κ1) is 15.2. The van der Waals surface area contributed by atoms with Crippen LogP contribution in [0.2, 0.25) is 0 Å². The molecule has 1 aromatic carbocycles. The highest BCUT2D eigenvalue weighted by Gasteiger charge is 2.23. The second-order valence-electron chi connectivity index (χ2n) is 5.14. The van der Waals surface area contributed by atoms with Gasteiger partial charge in [-0.15, -0.1) is 0 Å². The lowest BCUT2D eigenvalue weighted by atomic mass is 10.2. The van der Waals surface area contributed by atoms with Gasteiger partial charge in [-0.2, -0.15) is 0 Å². The number of nitrogens with one attached hydrogen (secondary N) is 2. The molecule has 0 amide bonds. The Morgan fingerprint density at radius 3 is 2.55 bits per heavy atom. The van der Waals surface area contributed by atoms with Gasteiger partial charge in [-0.3, -0.25) is 0 Å². The van der Waals surface area contributed by atoms with Crippen molar-refractivity contribution >= 4 is 33.0 Å². The molecule has 1 saturated carbocycles. The lowest BCUT2D eigenvalue weighted by Crippen LogP contribution is -2.30. The van der Waals surface area contributed by atoms with Gasteiger partial charge in [0, 0.05) is 25.8 Å². The maximum atomic E-state index is 12.2. The third-order valence-electron chi connectivity index (χ3n) is 3.12. The minimum absolute atomic E-state index is 0.293. The molecule has 1 aromatic rings. The van der Waals surface area contributed by atoms with Crippen molar-refractivity contribution in [2.45, 2.75) is 30.7 Å². The van der Waals surface area contributed by atoms with Crippen LogP contribution in [0.4, 0.5) is 5.69 Å². The second kappa shape index (κ2) is 5.67. The van der Waals surface area contributed by atoms with Gasteiger partial charge < -0.3 is 10.6 Å². The molecule has 0 unspecified atom stereocenters. The molecule has 1 aliphatic rings. The first-order valence-corrected chi connectivity index (χ1v) is 8.26. The third-order valence-corrected chi connectivity index (χ3v) is 5.29. The maximum Gasteiger partial charge on any atom is 0.242 e. The van der Waals surface area contributed by atoms with E-state index in [1.54, 1.807) is 19.1 Å². The average molecular weight is 313 g/mol. The van der Waals surface area contributed by atoms with E-state index in [0.717, 1.165) is 12.8 Å². The molecule has 0 aromatic heterocycles. The second-order valence-corrected chi connectivity index (χ2v) is 7.67. The van der Waals surface area contributed by atoms with Crippen molar-refractivity contribution < 1.29 is 8.42 Å². The molecule has 0 aliphatic heterocycles. The molecule has 7 heteroatoms. The highest BCUT2D eigenvalue weighted by atomic mass is 32.2. The van der Waals surface area contributed by atoms with E-state index >= 15 is 0 Å². The summed E-state index contributed by atoms with van der Waals surface area (Å²) >= 11 is 5.19. The van der Waals surface area contributed by atoms with Crippen LogP contribution in [0.3, 0.4) is 0 Å². The quantitative estimate of drug-likeness (QED) is 0.829. The third kappa shape index (κ3) is 3.47. The van der Waals surface area contributed by atoms with Gasteiger partial charge >= 0.3 is 0 Å². The fraction of sp³-hybridized carbons (Fsp3) is 0.462. The largest absolute Gasteiger partial charge is 0.360 e. The molecule has 0 heterocycles. The number of nitrogens with zero attached hydrogens (tertiary/aromatic N) is 1. The van der Waals surface area contributed by atoms with E-state index in [2.05, 4.69) is 10.6 Å². The Morgan fingerprint density at radius 1 is 1.35 bits per heavy atom. The summed E-state index contributed by atoms with van der Waals surface area (Å²) in [6, 6.07) is 5.68. The minimum Gasteiger partial charge on any atom is -0.360 e. The SMILES string of the molecule is Cc1ccc(NC(=S)NC2CC2)cc1S(=O)(=O)N(C)C. The van der Waals surface area contributed by atoms with Crippen LogP contribution in [0.5, 0.6) is 0 Å². The fourth-order valence-electron chi connectivity index (χ4n) is 1.73. The summed E-state index contributed by atoms with van der Waals surface area (Å²) < 4.78 is 25.7. The average Bonchev–Trinajstić information content (AvgIpc) is 3.15. The molecule has 0 saturated heterocycles. The van der Waals surface area contributed by atoms with Gasteiger partial charge in [0.15, 0.2) is 5.11 Å². The topological polar surface area (TPSA) is 61.4 Å². The van der Waals surface area contributed by atoms with E-state index in [4.69, 9.17) is 12.2 Å². The molecule has 5 nitrogen and oxygen atoms in total. The van der Waals surface area contributed by atoms with Crippen LogP contribution >= 0.6 is 12.2 Å². The summed E-state index contributed by atoms with van der Waals surface area (Å²) in [5, 5.41) is 6.72. The standard InChI is InChI=1S/C13H19N3O2S2/c1-9-4-5-11(15-13(19)14-10-6-7-10)8-12(9)20(17,18)16(2)3/h4-5,8,10H,6-7H2,1-3H3,(H2,14,15,19). The number of hydrogen-bond donors (Lipinski definition) is 2. The van der Waals surface area contributed by atoms with Gasteiger partial charge in [0.1, 0.15) is 0 Å². The Balaban J connectivity index is 2.21. The zero-order valence-electron chi connectivity index (χ0n) is 11.8. The van der Waals surface area contributed by atoms with Crippen LogP contribution < -0.4 is 10.6 Å². The number of aryl methyl sites for hydroxylation is 1. The van der Waals surface area contributed by atoms with Crippen LogP contribution in [0.25, 0.3) is 0 Å². The predicted octanol–water partition coefficient (Wildman–Crippen LogP) is 1.69. The van der Waals surface area contributed by atoms with E-state index in [1.165, 1.54) is 18.4 Å². The monoisotopic (exact) mass is 313 g/mol. The summed E-state index contributed by atoms with van der Waals surface area (Å²) in [7, 11) is -0.403. The molecule has 1 aliphatic carbocycles. The Morgan fingerprint density at radius 2 is 2.00 bits per heavy atom. The molecule has 0 radical (unpaired) electrons. The lowest BCUT2D eigenvalue weighted by Gasteiger charge is -2.16. The molecule has 0 bridgehead atoms. The van der Waals surface area contributed by atoms with E-state index < -0.39 is 10.0 Å². The van der Waals surface area contributed by atoms with Crippen LogP contribution in [0.15, 0.2) is 23.1 Å². The number of sulfonamides is 1. The molecule has 0 spiro atoms. The van der Waals surface area contributed by atoms with Crippen LogP contribution in [-0.2, 0) is 10.0 Å². The Hall–Kier alpha value is -1.18. The van der Waals surface area contributed by atoms with Crippen molar-refractivity contribution in [3.63, 3.8) is 0 Å².